The van der Waals surface area contributed by atoms with Crippen LogP contribution in [0.5, 0.6) is 0 Å². The average Bonchev–Trinajstić information content (AvgIpc) is 2.61. The quantitative estimate of drug-likeness (QED) is 0.811. The first-order valence-corrected chi connectivity index (χ1v) is 5.47. The molecule has 0 spiro atoms. The highest BCUT2D eigenvalue weighted by Crippen LogP contribution is 2.29. The van der Waals surface area contributed by atoms with Crippen LogP contribution >= 0.6 is 0 Å². The minimum Gasteiger partial charge on any atom is -0.478 e. The predicted octanol–water partition coefficient (Wildman–Crippen LogP) is 2.39. The molecule has 1 N–H and O–H groups in total. The Morgan fingerprint density at radius 3 is 2.67 bits per heavy atom. The van der Waals surface area contributed by atoms with Crippen LogP contribution in [0.2, 0.25) is 0 Å². The number of aromatic carboxylic acids is 1. The lowest BCUT2D eigenvalue weighted by Gasteiger charge is -2.23. The molecular formula is C11H16N2O2. The second-order valence-electron chi connectivity index (χ2n) is 4.19. The van der Waals surface area contributed by atoms with Gasteiger partial charge in [-0.25, -0.2) is 4.79 Å². The second-order valence-corrected chi connectivity index (χ2v) is 4.19. The third-order valence-corrected chi connectivity index (χ3v) is 3.20. The molecule has 4 nitrogen and oxygen atoms in total. The van der Waals surface area contributed by atoms with E-state index in [2.05, 4.69) is 5.10 Å². The lowest BCUT2D eigenvalue weighted by molar-refractivity contribution is 0.0696. The summed E-state index contributed by atoms with van der Waals surface area (Å²) in [5.41, 5.74) is 1.12. The van der Waals surface area contributed by atoms with Gasteiger partial charge in [0.1, 0.15) is 5.56 Å². The van der Waals surface area contributed by atoms with Crippen LogP contribution in [0.1, 0.15) is 54.2 Å². The minimum atomic E-state index is -0.880. The van der Waals surface area contributed by atoms with Crippen molar-refractivity contribution in [2.75, 3.05) is 0 Å². The van der Waals surface area contributed by atoms with Crippen molar-refractivity contribution >= 4 is 5.97 Å². The van der Waals surface area contributed by atoms with Crippen molar-refractivity contribution in [3.63, 3.8) is 0 Å². The van der Waals surface area contributed by atoms with Crippen LogP contribution in [0.3, 0.4) is 0 Å². The van der Waals surface area contributed by atoms with Crippen molar-refractivity contribution < 1.29 is 9.90 Å². The fourth-order valence-corrected chi connectivity index (χ4v) is 2.33. The van der Waals surface area contributed by atoms with Crippen LogP contribution in [-0.2, 0) is 0 Å². The summed E-state index contributed by atoms with van der Waals surface area (Å²) in [6.07, 6.45) is 7.47. The number of hydrogen-bond donors (Lipinski definition) is 1. The van der Waals surface area contributed by atoms with Crippen molar-refractivity contribution in [3.8, 4) is 0 Å². The number of carboxylic acids is 1. The fourth-order valence-electron chi connectivity index (χ4n) is 2.33. The van der Waals surface area contributed by atoms with E-state index in [1.54, 1.807) is 0 Å². The Morgan fingerprint density at radius 2 is 2.13 bits per heavy atom. The van der Waals surface area contributed by atoms with Gasteiger partial charge in [-0.2, -0.15) is 5.10 Å². The molecule has 2 rings (SSSR count). The summed E-state index contributed by atoms with van der Waals surface area (Å²) in [6, 6.07) is 0.409. The Morgan fingerprint density at radius 1 is 1.47 bits per heavy atom. The van der Waals surface area contributed by atoms with Gasteiger partial charge in [0.2, 0.25) is 0 Å². The first-order chi connectivity index (χ1) is 7.20. The molecule has 4 heteroatoms. The lowest BCUT2D eigenvalue weighted by Crippen LogP contribution is -2.15. The van der Waals surface area contributed by atoms with E-state index in [4.69, 9.17) is 5.11 Å². The molecule has 1 aliphatic rings. The Balaban J connectivity index is 2.24. The van der Waals surface area contributed by atoms with Crippen LogP contribution in [0.15, 0.2) is 6.20 Å². The van der Waals surface area contributed by atoms with E-state index in [0.717, 1.165) is 18.5 Å². The number of rotatable bonds is 2. The van der Waals surface area contributed by atoms with E-state index < -0.39 is 5.97 Å². The monoisotopic (exact) mass is 208 g/mol. The van der Waals surface area contributed by atoms with Gasteiger partial charge in [0.25, 0.3) is 0 Å². The number of aromatic nitrogens is 2. The van der Waals surface area contributed by atoms with Gasteiger partial charge in [0, 0.05) is 0 Å². The van der Waals surface area contributed by atoms with Crippen molar-refractivity contribution in [1.29, 1.82) is 0 Å². The normalized spacial score (nSPS) is 17.9. The largest absolute Gasteiger partial charge is 0.478 e. The van der Waals surface area contributed by atoms with Crippen LogP contribution in [-0.4, -0.2) is 20.9 Å². The molecule has 0 radical (unpaired) electrons. The zero-order chi connectivity index (χ0) is 10.8. The van der Waals surface area contributed by atoms with E-state index in [0.29, 0.717) is 11.6 Å². The molecule has 1 aliphatic carbocycles. The zero-order valence-corrected chi connectivity index (χ0v) is 8.94. The topological polar surface area (TPSA) is 55.1 Å². The van der Waals surface area contributed by atoms with Crippen LogP contribution in [0, 0.1) is 6.92 Å². The first-order valence-electron chi connectivity index (χ1n) is 5.47. The third kappa shape index (κ3) is 1.89. The number of carbonyl (C=O) groups is 1. The second kappa shape index (κ2) is 4.04. The summed E-state index contributed by atoms with van der Waals surface area (Å²) in [6.45, 7) is 1.84. The summed E-state index contributed by atoms with van der Waals surface area (Å²) in [7, 11) is 0. The van der Waals surface area contributed by atoms with E-state index in [1.807, 2.05) is 11.6 Å². The van der Waals surface area contributed by atoms with Gasteiger partial charge in [-0.15, -0.1) is 0 Å². The molecule has 0 unspecified atom stereocenters. The van der Waals surface area contributed by atoms with Crippen molar-refractivity contribution in [2.24, 2.45) is 0 Å². The SMILES string of the molecule is Cc1c(C(=O)O)cnn1C1CCCCC1. The molecule has 1 fully saturated rings. The minimum absolute atomic E-state index is 0.334. The Bertz CT molecular complexity index is 365. The fraction of sp³-hybridized carbons (Fsp3) is 0.636. The number of nitrogens with zero attached hydrogens (tertiary/aromatic N) is 2. The van der Waals surface area contributed by atoms with Gasteiger partial charge < -0.3 is 5.11 Å². The molecule has 0 atom stereocenters. The lowest BCUT2D eigenvalue weighted by atomic mass is 9.95. The smallest absolute Gasteiger partial charge is 0.339 e. The molecule has 0 aliphatic heterocycles. The maximum absolute atomic E-state index is 10.9. The zero-order valence-electron chi connectivity index (χ0n) is 8.94. The van der Waals surface area contributed by atoms with E-state index in [1.165, 1.54) is 25.5 Å². The Labute approximate surface area is 88.9 Å². The van der Waals surface area contributed by atoms with E-state index >= 15 is 0 Å². The number of carboxylic acid groups (broad SMARTS) is 1. The van der Waals surface area contributed by atoms with Gasteiger partial charge >= 0.3 is 5.97 Å². The molecule has 0 saturated heterocycles. The third-order valence-electron chi connectivity index (χ3n) is 3.20. The van der Waals surface area contributed by atoms with Gasteiger partial charge in [0.15, 0.2) is 0 Å². The van der Waals surface area contributed by atoms with Crippen molar-refractivity contribution in [2.45, 2.75) is 45.1 Å². The summed E-state index contributed by atoms with van der Waals surface area (Å²) in [5, 5.41) is 13.1. The summed E-state index contributed by atoms with van der Waals surface area (Å²) < 4.78 is 1.89. The van der Waals surface area contributed by atoms with Crippen molar-refractivity contribution in [1.82, 2.24) is 9.78 Å². The summed E-state index contributed by atoms with van der Waals surface area (Å²) in [5.74, 6) is -0.880. The first kappa shape index (κ1) is 10.2. The van der Waals surface area contributed by atoms with Crippen LogP contribution in [0.4, 0.5) is 0 Å². The van der Waals surface area contributed by atoms with Gasteiger partial charge in [-0.3, -0.25) is 4.68 Å². The molecule has 1 aromatic heterocycles. The molecule has 0 amide bonds. The van der Waals surface area contributed by atoms with Crippen LogP contribution < -0.4 is 0 Å². The molecular weight excluding hydrogens is 192 g/mol. The molecule has 1 aromatic rings. The van der Waals surface area contributed by atoms with Crippen LogP contribution in [0.25, 0.3) is 0 Å². The molecule has 82 valence electrons. The molecule has 1 heterocycles. The predicted molar refractivity (Wildman–Crippen MR) is 56.0 cm³/mol. The summed E-state index contributed by atoms with van der Waals surface area (Å²) in [4.78, 5) is 10.9. The standard InChI is InChI=1S/C11H16N2O2/c1-8-10(11(14)15)7-12-13(8)9-5-3-2-4-6-9/h7,9H,2-6H2,1H3,(H,14,15). The molecule has 0 aromatic carbocycles. The maximum Gasteiger partial charge on any atom is 0.339 e. The summed E-state index contributed by atoms with van der Waals surface area (Å²) >= 11 is 0. The van der Waals surface area contributed by atoms with Gasteiger partial charge in [0.05, 0.1) is 17.9 Å². The molecule has 15 heavy (non-hydrogen) atoms. The maximum atomic E-state index is 10.9. The van der Waals surface area contributed by atoms with E-state index in [-0.39, 0.29) is 0 Å². The van der Waals surface area contributed by atoms with E-state index in [9.17, 15) is 4.79 Å². The molecule has 1 saturated carbocycles. The van der Waals surface area contributed by atoms with Gasteiger partial charge in [-0.1, -0.05) is 19.3 Å². The molecule has 0 bridgehead atoms. The highest BCUT2D eigenvalue weighted by atomic mass is 16.4. The Kier molecular flexibility index (Phi) is 2.75. The average molecular weight is 208 g/mol. The number of hydrogen-bond acceptors (Lipinski definition) is 2. The Hall–Kier alpha value is -1.32. The van der Waals surface area contributed by atoms with Crippen molar-refractivity contribution in [3.05, 3.63) is 17.5 Å². The van der Waals surface area contributed by atoms with Gasteiger partial charge in [-0.05, 0) is 19.8 Å². The highest BCUT2D eigenvalue weighted by Gasteiger charge is 2.20. The highest BCUT2D eigenvalue weighted by molar-refractivity contribution is 5.88.